The summed E-state index contributed by atoms with van der Waals surface area (Å²) in [6, 6.07) is 17.8. The Bertz CT molecular complexity index is 990. The van der Waals surface area contributed by atoms with E-state index >= 15 is 0 Å². The van der Waals surface area contributed by atoms with Crippen LogP contribution in [0.1, 0.15) is 62.6 Å². The second kappa shape index (κ2) is 11.8. The Morgan fingerprint density at radius 3 is 2.12 bits per heavy atom. The number of benzene rings is 2. The number of allylic oxidation sites excluding steroid dienone is 1. The number of rotatable bonds is 7. The Balaban J connectivity index is 0.000000481. The lowest BCUT2D eigenvalue weighted by molar-refractivity contribution is -0.159. The average Bonchev–Trinajstić information content (AvgIpc) is 3.17. The molecule has 0 radical (unpaired) electrons. The van der Waals surface area contributed by atoms with E-state index in [4.69, 9.17) is 24.5 Å². The maximum absolute atomic E-state index is 9.10. The highest BCUT2D eigenvalue weighted by atomic mass is 16.5. The molecule has 4 rings (SSSR count). The summed E-state index contributed by atoms with van der Waals surface area (Å²) >= 11 is 0. The predicted molar refractivity (Wildman–Crippen MR) is 133 cm³/mol. The summed E-state index contributed by atoms with van der Waals surface area (Å²) in [6.07, 6.45) is 9.23. The number of likely N-dealkylation sites (N-methyl/N-ethyl adjacent to an activating group) is 1. The fraction of sp³-hybridized carbons (Fsp3) is 0.429. The summed E-state index contributed by atoms with van der Waals surface area (Å²) in [5.41, 5.74) is 5.96. The lowest BCUT2D eigenvalue weighted by Crippen LogP contribution is -2.27. The smallest absolute Gasteiger partial charge is 0.414 e. The molecule has 0 atom stereocenters. The van der Waals surface area contributed by atoms with Gasteiger partial charge in [-0.15, -0.1) is 0 Å². The molecule has 0 aromatic heterocycles. The highest BCUT2D eigenvalue weighted by Crippen LogP contribution is 2.50. The number of aliphatic carboxylic acids is 2. The second-order valence-electron chi connectivity index (χ2n) is 8.83. The fourth-order valence-electron chi connectivity index (χ4n) is 4.98. The van der Waals surface area contributed by atoms with Crippen molar-refractivity contribution in [1.29, 1.82) is 0 Å². The van der Waals surface area contributed by atoms with Crippen molar-refractivity contribution in [2.24, 2.45) is 0 Å². The third-order valence-electron chi connectivity index (χ3n) is 6.84. The van der Waals surface area contributed by atoms with Crippen LogP contribution in [0.4, 0.5) is 0 Å². The molecule has 6 nitrogen and oxygen atoms in total. The predicted octanol–water partition coefficient (Wildman–Crippen LogP) is 5.21. The number of carboxylic acids is 2. The van der Waals surface area contributed by atoms with Crippen molar-refractivity contribution in [1.82, 2.24) is 4.90 Å². The first-order valence-electron chi connectivity index (χ1n) is 12.1. The summed E-state index contributed by atoms with van der Waals surface area (Å²) in [6.45, 7) is 8.28. The standard InChI is InChI=1S/C26H33NO.C2H2O4/c1-3-27(4-2)18-19-28-22-14-12-21(13-15-22)24-20-26(16-8-5-9-17-26)25-11-7-6-10-23(24)25;3-1(4)2(5)6/h6-7,10-15,20H,3-5,8-9,16-19H2,1-2H3;(H,3,4)(H,5,6). The Kier molecular flexibility index (Phi) is 8.88. The fourth-order valence-corrected chi connectivity index (χ4v) is 4.98. The molecule has 0 amide bonds. The van der Waals surface area contributed by atoms with E-state index in [2.05, 4.69) is 73.4 Å². The third kappa shape index (κ3) is 6.06. The van der Waals surface area contributed by atoms with Gasteiger partial charge in [-0.2, -0.15) is 0 Å². The van der Waals surface area contributed by atoms with Crippen molar-refractivity contribution >= 4 is 17.5 Å². The van der Waals surface area contributed by atoms with Gasteiger partial charge < -0.3 is 19.8 Å². The third-order valence-corrected chi connectivity index (χ3v) is 6.84. The van der Waals surface area contributed by atoms with Gasteiger partial charge in [-0.25, -0.2) is 9.59 Å². The molecule has 0 aliphatic heterocycles. The Hall–Kier alpha value is -3.12. The van der Waals surface area contributed by atoms with Crippen LogP contribution in [0.15, 0.2) is 54.6 Å². The number of carboxylic acid groups (broad SMARTS) is 2. The molecule has 34 heavy (non-hydrogen) atoms. The van der Waals surface area contributed by atoms with Crippen molar-refractivity contribution in [2.45, 2.75) is 51.4 Å². The number of fused-ring (bicyclic) bond motifs is 2. The van der Waals surface area contributed by atoms with Gasteiger partial charge in [0.15, 0.2) is 0 Å². The molecule has 0 saturated heterocycles. The van der Waals surface area contributed by atoms with Crippen molar-refractivity contribution in [3.05, 3.63) is 71.3 Å². The number of nitrogens with zero attached hydrogens (tertiary/aromatic N) is 1. The van der Waals surface area contributed by atoms with Crippen molar-refractivity contribution in [3.8, 4) is 5.75 Å². The highest BCUT2D eigenvalue weighted by Gasteiger charge is 2.38. The number of hydrogen-bond donors (Lipinski definition) is 2. The Morgan fingerprint density at radius 1 is 0.912 bits per heavy atom. The lowest BCUT2D eigenvalue weighted by Gasteiger charge is -2.33. The van der Waals surface area contributed by atoms with Crippen LogP contribution in [0, 0.1) is 0 Å². The van der Waals surface area contributed by atoms with Gasteiger partial charge in [0.05, 0.1) is 0 Å². The van der Waals surface area contributed by atoms with Gasteiger partial charge >= 0.3 is 11.9 Å². The molecule has 0 bridgehead atoms. The quantitative estimate of drug-likeness (QED) is 0.546. The van der Waals surface area contributed by atoms with E-state index in [0.717, 1.165) is 32.0 Å². The highest BCUT2D eigenvalue weighted by molar-refractivity contribution is 6.27. The Morgan fingerprint density at radius 2 is 1.53 bits per heavy atom. The first kappa shape index (κ1) is 25.5. The van der Waals surface area contributed by atoms with Crippen LogP contribution in [0.2, 0.25) is 0 Å². The van der Waals surface area contributed by atoms with Crippen LogP contribution in [-0.2, 0) is 15.0 Å². The van der Waals surface area contributed by atoms with Gasteiger partial charge in [0.1, 0.15) is 12.4 Å². The number of ether oxygens (including phenoxy) is 1. The maximum Gasteiger partial charge on any atom is 0.414 e. The largest absolute Gasteiger partial charge is 0.492 e. The van der Waals surface area contributed by atoms with E-state index in [9.17, 15) is 0 Å². The molecule has 2 aromatic rings. The van der Waals surface area contributed by atoms with Gasteiger partial charge in [0, 0.05) is 12.0 Å². The summed E-state index contributed by atoms with van der Waals surface area (Å²) < 4.78 is 5.98. The van der Waals surface area contributed by atoms with Crippen molar-refractivity contribution in [3.63, 3.8) is 0 Å². The number of hydrogen-bond acceptors (Lipinski definition) is 4. The van der Waals surface area contributed by atoms with Gasteiger partial charge in [-0.05, 0) is 60.3 Å². The molecule has 0 unspecified atom stereocenters. The zero-order valence-corrected chi connectivity index (χ0v) is 20.1. The van der Waals surface area contributed by atoms with Gasteiger partial charge in [-0.1, -0.05) is 75.6 Å². The molecule has 1 fully saturated rings. The summed E-state index contributed by atoms with van der Waals surface area (Å²) in [7, 11) is 0. The second-order valence-corrected chi connectivity index (χ2v) is 8.83. The molecule has 6 heteroatoms. The monoisotopic (exact) mass is 465 g/mol. The molecule has 2 aromatic carbocycles. The van der Waals surface area contributed by atoms with Crippen LogP contribution < -0.4 is 4.74 Å². The molecule has 2 aliphatic rings. The molecule has 1 saturated carbocycles. The summed E-state index contributed by atoms with van der Waals surface area (Å²) in [4.78, 5) is 20.6. The normalized spacial score (nSPS) is 15.8. The lowest BCUT2D eigenvalue weighted by atomic mass is 9.71. The zero-order chi connectivity index (χ0) is 24.6. The molecule has 2 aliphatic carbocycles. The van der Waals surface area contributed by atoms with Gasteiger partial charge in [0.2, 0.25) is 0 Å². The Labute approximate surface area is 201 Å². The van der Waals surface area contributed by atoms with Crippen molar-refractivity contribution in [2.75, 3.05) is 26.2 Å². The minimum absolute atomic E-state index is 0.267. The SMILES string of the molecule is CCN(CC)CCOc1ccc(C2=CC3(CCCCC3)c3ccccc32)cc1.O=C(O)C(=O)O. The average molecular weight is 466 g/mol. The van der Waals surface area contributed by atoms with E-state index in [0.29, 0.717) is 0 Å². The van der Waals surface area contributed by atoms with Crippen LogP contribution in [0.5, 0.6) is 5.75 Å². The van der Waals surface area contributed by atoms with Gasteiger partial charge in [-0.3, -0.25) is 0 Å². The minimum Gasteiger partial charge on any atom is -0.492 e. The van der Waals surface area contributed by atoms with E-state index in [1.165, 1.54) is 48.8 Å². The zero-order valence-electron chi connectivity index (χ0n) is 20.1. The first-order chi connectivity index (χ1) is 16.4. The summed E-state index contributed by atoms with van der Waals surface area (Å²) in [5.74, 6) is -2.68. The van der Waals surface area contributed by atoms with E-state index in [-0.39, 0.29) is 5.41 Å². The van der Waals surface area contributed by atoms with E-state index < -0.39 is 11.9 Å². The molecule has 182 valence electrons. The number of carbonyl (C=O) groups is 2. The molecule has 1 spiro atoms. The van der Waals surface area contributed by atoms with E-state index in [1.807, 2.05) is 0 Å². The maximum atomic E-state index is 9.10. The molecular weight excluding hydrogens is 430 g/mol. The molecule has 0 heterocycles. The van der Waals surface area contributed by atoms with Crippen LogP contribution in [-0.4, -0.2) is 53.3 Å². The van der Waals surface area contributed by atoms with Crippen LogP contribution in [0.3, 0.4) is 0 Å². The van der Waals surface area contributed by atoms with Crippen molar-refractivity contribution < 1.29 is 24.5 Å². The minimum atomic E-state index is -1.82. The van der Waals surface area contributed by atoms with Crippen LogP contribution in [0.25, 0.3) is 5.57 Å². The van der Waals surface area contributed by atoms with Crippen LogP contribution >= 0.6 is 0 Å². The molecule has 2 N–H and O–H groups in total. The molecular formula is C28H35NO5. The first-order valence-corrected chi connectivity index (χ1v) is 12.1. The van der Waals surface area contributed by atoms with E-state index in [1.54, 1.807) is 5.56 Å². The topological polar surface area (TPSA) is 87.1 Å². The summed E-state index contributed by atoms with van der Waals surface area (Å²) in [5, 5.41) is 14.8. The van der Waals surface area contributed by atoms with Gasteiger partial charge in [0.25, 0.3) is 0 Å².